The van der Waals surface area contributed by atoms with Gasteiger partial charge >= 0.3 is 0 Å². The average molecular weight is 254 g/mol. The molecular weight excluding hydrogens is 228 g/mol. The Morgan fingerprint density at radius 1 is 1.28 bits per heavy atom. The third-order valence-corrected chi connectivity index (χ3v) is 3.74. The van der Waals surface area contributed by atoms with E-state index in [2.05, 4.69) is 5.32 Å². The predicted octanol–water partition coefficient (Wildman–Crippen LogP) is 1.94. The van der Waals surface area contributed by atoms with Gasteiger partial charge in [-0.1, -0.05) is 27.2 Å². The van der Waals surface area contributed by atoms with Gasteiger partial charge in [-0.2, -0.15) is 0 Å². The number of nitrogens with one attached hydrogen (secondary N) is 1. The van der Waals surface area contributed by atoms with Crippen LogP contribution in [-0.4, -0.2) is 34.3 Å². The van der Waals surface area contributed by atoms with Gasteiger partial charge in [-0.15, -0.1) is 0 Å². The molecule has 1 saturated heterocycles. The van der Waals surface area contributed by atoms with Gasteiger partial charge in [0.1, 0.15) is 12.1 Å². The van der Waals surface area contributed by atoms with Crippen LogP contribution in [0.3, 0.4) is 0 Å². The number of nitrogens with zero attached hydrogens (tertiary/aromatic N) is 1. The lowest BCUT2D eigenvalue weighted by atomic mass is 9.90. The lowest BCUT2D eigenvalue weighted by molar-refractivity contribution is -0.156. The second-order valence-electron chi connectivity index (χ2n) is 6.17. The van der Waals surface area contributed by atoms with Gasteiger partial charge in [0.25, 0.3) is 0 Å². The van der Waals surface area contributed by atoms with Gasteiger partial charge in [0.05, 0.1) is 0 Å². The molecule has 0 aromatic carbocycles. The lowest BCUT2D eigenvalue weighted by Gasteiger charge is -2.47. The Morgan fingerprint density at radius 3 is 2.22 bits per heavy atom. The molecule has 3 unspecified atom stereocenters. The quantitative estimate of drug-likeness (QED) is 0.836. The number of carbonyl (C=O) groups is 2. The molecule has 4 heteroatoms. The van der Waals surface area contributed by atoms with E-state index in [9.17, 15) is 9.59 Å². The van der Waals surface area contributed by atoms with E-state index in [0.29, 0.717) is 6.42 Å². The summed E-state index contributed by atoms with van der Waals surface area (Å²) >= 11 is 0. The SMILES string of the molecule is CCC(C)C1NC(=O)C(CC)N(C(C)(C)C)C1=O. The first-order valence-electron chi connectivity index (χ1n) is 6.87. The fourth-order valence-corrected chi connectivity index (χ4v) is 2.52. The Balaban J connectivity index is 3.09. The topological polar surface area (TPSA) is 49.4 Å². The fourth-order valence-electron chi connectivity index (χ4n) is 2.52. The first-order chi connectivity index (χ1) is 8.23. The van der Waals surface area contributed by atoms with Gasteiger partial charge in [-0.3, -0.25) is 9.59 Å². The third-order valence-electron chi connectivity index (χ3n) is 3.74. The summed E-state index contributed by atoms with van der Waals surface area (Å²) < 4.78 is 0. The molecular formula is C14H26N2O2. The molecule has 2 amide bonds. The molecule has 0 bridgehead atoms. The number of hydrogen-bond donors (Lipinski definition) is 1. The maximum Gasteiger partial charge on any atom is 0.246 e. The number of amides is 2. The zero-order valence-corrected chi connectivity index (χ0v) is 12.4. The van der Waals surface area contributed by atoms with Crippen molar-refractivity contribution in [2.45, 2.75) is 72.0 Å². The summed E-state index contributed by atoms with van der Waals surface area (Å²) in [7, 11) is 0. The zero-order valence-electron chi connectivity index (χ0n) is 12.4. The van der Waals surface area contributed by atoms with Gasteiger partial charge in [0.2, 0.25) is 11.8 Å². The van der Waals surface area contributed by atoms with Crippen LogP contribution in [0, 0.1) is 5.92 Å². The summed E-state index contributed by atoms with van der Waals surface area (Å²) in [6.45, 7) is 12.0. The highest BCUT2D eigenvalue weighted by atomic mass is 16.2. The second-order valence-corrected chi connectivity index (χ2v) is 6.17. The maximum absolute atomic E-state index is 12.6. The minimum Gasteiger partial charge on any atom is -0.342 e. The number of hydrogen-bond acceptors (Lipinski definition) is 2. The molecule has 1 heterocycles. The molecule has 1 N–H and O–H groups in total. The molecule has 1 aliphatic rings. The zero-order chi connectivity index (χ0) is 14.1. The Kier molecular flexibility index (Phi) is 4.41. The molecule has 0 aromatic heterocycles. The summed E-state index contributed by atoms with van der Waals surface area (Å²) in [5.41, 5.74) is -0.318. The molecule has 4 nitrogen and oxygen atoms in total. The molecule has 1 aliphatic heterocycles. The van der Waals surface area contributed by atoms with Crippen LogP contribution in [0.2, 0.25) is 0 Å². The average Bonchev–Trinajstić information content (AvgIpc) is 2.28. The first kappa shape index (κ1) is 15.0. The van der Waals surface area contributed by atoms with E-state index < -0.39 is 0 Å². The van der Waals surface area contributed by atoms with Crippen LogP contribution in [0.1, 0.15) is 54.4 Å². The van der Waals surface area contributed by atoms with Crippen LogP contribution in [0.4, 0.5) is 0 Å². The van der Waals surface area contributed by atoms with Crippen LogP contribution < -0.4 is 5.32 Å². The molecule has 0 aromatic rings. The lowest BCUT2D eigenvalue weighted by Crippen LogP contribution is -2.68. The highest BCUT2D eigenvalue weighted by Gasteiger charge is 2.45. The van der Waals surface area contributed by atoms with Crippen LogP contribution in [0.25, 0.3) is 0 Å². The minimum absolute atomic E-state index is 0.0164. The molecule has 0 radical (unpaired) electrons. The smallest absolute Gasteiger partial charge is 0.246 e. The highest BCUT2D eigenvalue weighted by Crippen LogP contribution is 2.26. The Labute approximate surface area is 110 Å². The van der Waals surface area contributed by atoms with Crippen LogP contribution in [-0.2, 0) is 9.59 Å². The van der Waals surface area contributed by atoms with Crippen LogP contribution in [0.5, 0.6) is 0 Å². The van der Waals surface area contributed by atoms with E-state index in [1.54, 1.807) is 4.90 Å². The molecule has 104 valence electrons. The third kappa shape index (κ3) is 2.68. The van der Waals surface area contributed by atoms with E-state index in [1.165, 1.54) is 0 Å². The van der Waals surface area contributed by atoms with Crippen molar-refractivity contribution in [3.8, 4) is 0 Å². The summed E-state index contributed by atoms with van der Waals surface area (Å²) in [6.07, 6.45) is 1.54. The highest BCUT2D eigenvalue weighted by molar-refractivity contribution is 5.97. The van der Waals surface area contributed by atoms with Crippen molar-refractivity contribution in [1.82, 2.24) is 10.2 Å². The molecule has 0 aliphatic carbocycles. The van der Waals surface area contributed by atoms with Crippen molar-refractivity contribution in [3.63, 3.8) is 0 Å². The van der Waals surface area contributed by atoms with Gasteiger partial charge in [0.15, 0.2) is 0 Å². The molecule has 18 heavy (non-hydrogen) atoms. The van der Waals surface area contributed by atoms with E-state index in [1.807, 2.05) is 41.5 Å². The summed E-state index contributed by atoms with van der Waals surface area (Å²) in [5, 5.41) is 2.89. The van der Waals surface area contributed by atoms with Crippen molar-refractivity contribution in [2.24, 2.45) is 5.92 Å². The van der Waals surface area contributed by atoms with Gasteiger partial charge < -0.3 is 10.2 Å². The Morgan fingerprint density at radius 2 is 1.83 bits per heavy atom. The maximum atomic E-state index is 12.6. The molecule has 0 spiro atoms. The van der Waals surface area contributed by atoms with Gasteiger partial charge in [0, 0.05) is 5.54 Å². The molecule has 3 atom stereocenters. The van der Waals surface area contributed by atoms with E-state index in [0.717, 1.165) is 6.42 Å². The van der Waals surface area contributed by atoms with Gasteiger partial charge in [-0.25, -0.2) is 0 Å². The van der Waals surface area contributed by atoms with Crippen molar-refractivity contribution in [3.05, 3.63) is 0 Å². The largest absolute Gasteiger partial charge is 0.342 e. The van der Waals surface area contributed by atoms with Crippen molar-refractivity contribution < 1.29 is 9.59 Å². The molecule has 1 rings (SSSR count). The Bertz CT molecular complexity index is 333. The Hall–Kier alpha value is -1.06. The predicted molar refractivity (Wildman–Crippen MR) is 72.1 cm³/mol. The molecule has 0 saturated carbocycles. The second kappa shape index (κ2) is 5.29. The summed E-state index contributed by atoms with van der Waals surface area (Å²) in [6, 6.07) is -0.706. The molecule has 1 fully saturated rings. The number of piperazine rings is 1. The summed E-state index contributed by atoms with van der Waals surface area (Å²) in [5.74, 6) is 0.213. The van der Waals surface area contributed by atoms with Crippen molar-refractivity contribution >= 4 is 11.8 Å². The number of carbonyl (C=O) groups excluding carboxylic acids is 2. The fraction of sp³-hybridized carbons (Fsp3) is 0.857. The van der Waals surface area contributed by atoms with Crippen molar-refractivity contribution in [2.75, 3.05) is 0 Å². The van der Waals surface area contributed by atoms with Crippen LogP contribution >= 0.6 is 0 Å². The normalized spacial score (nSPS) is 27.1. The summed E-state index contributed by atoms with van der Waals surface area (Å²) in [4.78, 5) is 26.5. The minimum atomic E-state index is -0.371. The first-order valence-corrected chi connectivity index (χ1v) is 6.87. The van der Waals surface area contributed by atoms with Crippen molar-refractivity contribution in [1.29, 1.82) is 0 Å². The van der Waals surface area contributed by atoms with E-state index in [-0.39, 0.29) is 35.4 Å². The monoisotopic (exact) mass is 254 g/mol. The van der Waals surface area contributed by atoms with Gasteiger partial charge in [-0.05, 0) is 33.1 Å². The van der Waals surface area contributed by atoms with E-state index >= 15 is 0 Å². The van der Waals surface area contributed by atoms with Crippen LogP contribution in [0.15, 0.2) is 0 Å². The number of rotatable bonds is 3. The van der Waals surface area contributed by atoms with E-state index in [4.69, 9.17) is 0 Å². The standard InChI is InChI=1S/C14H26N2O2/c1-7-9(3)11-13(18)16(14(4,5)6)10(8-2)12(17)15-11/h9-11H,7-8H2,1-6H3,(H,15,17).